The van der Waals surface area contributed by atoms with Gasteiger partial charge in [0.05, 0.1) is 13.2 Å². The maximum atomic E-state index is 11.8. The zero-order chi connectivity index (χ0) is 14.1. The lowest BCUT2D eigenvalue weighted by atomic mass is 10.0. The Labute approximate surface area is 120 Å². The third-order valence-electron chi connectivity index (χ3n) is 3.71. The molecule has 3 rings (SSSR count). The summed E-state index contributed by atoms with van der Waals surface area (Å²) in [7, 11) is 0. The molecule has 1 fully saturated rings. The molecule has 1 atom stereocenters. The second kappa shape index (κ2) is 5.59. The second-order valence-electron chi connectivity index (χ2n) is 5.23. The largest absolute Gasteiger partial charge is 0.395 e. The van der Waals surface area contributed by atoms with E-state index in [4.69, 9.17) is 0 Å². The molecule has 0 saturated carbocycles. The number of aliphatic hydroxyl groups excluding tert-OH is 1. The second-order valence-corrected chi connectivity index (χ2v) is 6.27. The average molecular weight is 294 g/mol. The van der Waals surface area contributed by atoms with Crippen LogP contribution in [0.5, 0.6) is 0 Å². The van der Waals surface area contributed by atoms with Crippen molar-refractivity contribution < 1.29 is 5.11 Å². The van der Waals surface area contributed by atoms with Crippen LogP contribution < -0.4 is 5.56 Å². The highest BCUT2D eigenvalue weighted by Crippen LogP contribution is 2.21. The van der Waals surface area contributed by atoms with Crippen LogP contribution >= 0.6 is 11.3 Å². The first kappa shape index (κ1) is 13.7. The van der Waals surface area contributed by atoms with Gasteiger partial charge < -0.3 is 5.11 Å². The van der Waals surface area contributed by atoms with Crippen LogP contribution in [0.4, 0.5) is 0 Å². The molecule has 7 heteroatoms. The molecule has 20 heavy (non-hydrogen) atoms. The number of aliphatic hydroxyl groups is 1. The third kappa shape index (κ3) is 2.61. The van der Waals surface area contributed by atoms with Crippen LogP contribution in [0.3, 0.4) is 0 Å². The minimum atomic E-state index is -0.132. The maximum absolute atomic E-state index is 11.8. The van der Waals surface area contributed by atoms with E-state index in [1.807, 2.05) is 6.92 Å². The van der Waals surface area contributed by atoms with Crippen molar-refractivity contribution in [1.82, 2.24) is 19.5 Å². The van der Waals surface area contributed by atoms with Crippen LogP contribution in [0.2, 0.25) is 0 Å². The molecule has 1 aliphatic heterocycles. The van der Waals surface area contributed by atoms with Gasteiger partial charge in [-0.1, -0.05) is 17.8 Å². The van der Waals surface area contributed by atoms with E-state index >= 15 is 0 Å². The quantitative estimate of drug-likeness (QED) is 0.907. The molecule has 0 aromatic carbocycles. The van der Waals surface area contributed by atoms with Gasteiger partial charge in [0, 0.05) is 17.8 Å². The van der Waals surface area contributed by atoms with Crippen LogP contribution in [0.15, 0.2) is 10.9 Å². The van der Waals surface area contributed by atoms with Crippen LogP contribution in [-0.2, 0) is 6.54 Å². The van der Waals surface area contributed by atoms with Crippen molar-refractivity contribution in [3.63, 3.8) is 0 Å². The van der Waals surface area contributed by atoms with Crippen LogP contribution in [0.25, 0.3) is 4.96 Å². The van der Waals surface area contributed by atoms with Crippen LogP contribution in [-0.4, -0.2) is 43.8 Å². The van der Waals surface area contributed by atoms with E-state index in [2.05, 4.69) is 15.0 Å². The predicted molar refractivity (Wildman–Crippen MR) is 77.0 cm³/mol. The van der Waals surface area contributed by atoms with Gasteiger partial charge in [0.15, 0.2) is 0 Å². The lowest BCUT2D eigenvalue weighted by Gasteiger charge is -2.33. The summed E-state index contributed by atoms with van der Waals surface area (Å²) < 4.78 is 1.37. The summed E-state index contributed by atoms with van der Waals surface area (Å²) in [6.07, 6.45) is 3.35. The number of likely N-dealkylation sites (tertiary alicyclic amines) is 1. The van der Waals surface area contributed by atoms with Gasteiger partial charge in [-0.3, -0.25) is 9.69 Å². The van der Waals surface area contributed by atoms with Gasteiger partial charge in [-0.15, -0.1) is 0 Å². The minimum absolute atomic E-state index is 0.132. The number of nitrogens with zero attached hydrogens (tertiary/aromatic N) is 4. The summed E-state index contributed by atoms with van der Waals surface area (Å²) in [5.74, 6) is 0. The molecule has 108 valence electrons. The zero-order valence-corrected chi connectivity index (χ0v) is 12.3. The summed E-state index contributed by atoms with van der Waals surface area (Å²) in [5.41, 5.74) is 0.587. The van der Waals surface area contributed by atoms with Crippen molar-refractivity contribution in [2.75, 3.05) is 13.2 Å². The topological polar surface area (TPSA) is 70.7 Å². The fourth-order valence-corrected chi connectivity index (χ4v) is 3.64. The number of hydrogen-bond donors (Lipinski definition) is 1. The molecular weight excluding hydrogens is 276 g/mol. The summed E-state index contributed by atoms with van der Waals surface area (Å²) in [6, 6.07) is 1.70. The Morgan fingerprint density at radius 1 is 1.50 bits per heavy atom. The number of piperidine rings is 1. The molecule has 1 unspecified atom stereocenters. The first-order valence-corrected chi connectivity index (χ1v) is 7.70. The van der Waals surface area contributed by atoms with Gasteiger partial charge in [0.2, 0.25) is 4.96 Å². The van der Waals surface area contributed by atoms with Crippen molar-refractivity contribution >= 4 is 16.3 Å². The molecule has 3 heterocycles. The summed E-state index contributed by atoms with van der Waals surface area (Å²) >= 11 is 1.45. The number of hydrogen-bond acceptors (Lipinski definition) is 6. The number of aryl methyl sites for hydroxylation is 1. The smallest absolute Gasteiger partial charge is 0.275 e. The number of rotatable bonds is 3. The van der Waals surface area contributed by atoms with Gasteiger partial charge in [-0.05, 0) is 26.3 Å². The molecule has 2 aromatic heterocycles. The van der Waals surface area contributed by atoms with Crippen molar-refractivity contribution in [3.8, 4) is 0 Å². The van der Waals surface area contributed by atoms with Crippen molar-refractivity contribution in [1.29, 1.82) is 0 Å². The summed E-state index contributed by atoms with van der Waals surface area (Å²) in [6.45, 7) is 3.65. The highest BCUT2D eigenvalue weighted by atomic mass is 32.1. The number of fused-ring (bicyclic) bond motifs is 1. The van der Waals surface area contributed by atoms with E-state index in [9.17, 15) is 9.90 Å². The van der Waals surface area contributed by atoms with E-state index in [1.165, 1.54) is 28.3 Å². The van der Waals surface area contributed by atoms with Gasteiger partial charge in [0.1, 0.15) is 5.01 Å². The summed E-state index contributed by atoms with van der Waals surface area (Å²) in [5, 5.41) is 14.7. The van der Waals surface area contributed by atoms with E-state index in [-0.39, 0.29) is 18.2 Å². The van der Waals surface area contributed by atoms with E-state index < -0.39 is 0 Å². The minimum Gasteiger partial charge on any atom is -0.395 e. The SMILES string of the molecule is Cc1cc(=O)n2nc(CN3CCCCC3CO)sc2n1. The lowest BCUT2D eigenvalue weighted by Crippen LogP contribution is -2.41. The fraction of sp³-hybridized carbons (Fsp3) is 0.615. The van der Waals surface area contributed by atoms with Gasteiger partial charge in [-0.2, -0.15) is 9.61 Å². The van der Waals surface area contributed by atoms with Crippen molar-refractivity contribution in [2.24, 2.45) is 0 Å². The van der Waals surface area contributed by atoms with Crippen LogP contribution in [0.1, 0.15) is 30.0 Å². The van der Waals surface area contributed by atoms with E-state index in [0.717, 1.165) is 30.1 Å². The highest BCUT2D eigenvalue weighted by molar-refractivity contribution is 7.16. The molecule has 6 nitrogen and oxygen atoms in total. The Balaban J connectivity index is 1.87. The molecule has 0 radical (unpaired) electrons. The van der Waals surface area contributed by atoms with Gasteiger partial charge >= 0.3 is 0 Å². The molecular formula is C13H18N4O2S. The van der Waals surface area contributed by atoms with Crippen LogP contribution in [0, 0.1) is 6.92 Å². The Hall–Kier alpha value is -1.31. The van der Waals surface area contributed by atoms with Crippen molar-refractivity contribution in [2.45, 2.75) is 38.8 Å². The molecule has 2 aromatic rings. The maximum Gasteiger partial charge on any atom is 0.275 e. The Bertz CT molecular complexity index is 666. The predicted octanol–water partition coefficient (Wildman–Crippen LogP) is 0.806. The molecule has 1 saturated heterocycles. The van der Waals surface area contributed by atoms with Gasteiger partial charge in [0.25, 0.3) is 5.56 Å². The standard InChI is InChI=1S/C13H18N4O2S/c1-9-6-12(19)17-13(14-9)20-11(15-17)7-16-5-3-2-4-10(16)8-18/h6,10,18H,2-5,7-8H2,1H3. The molecule has 0 spiro atoms. The normalized spacial score (nSPS) is 20.6. The van der Waals surface area contributed by atoms with E-state index in [0.29, 0.717) is 11.5 Å². The van der Waals surface area contributed by atoms with Gasteiger partial charge in [-0.25, -0.2) is 4.98 Å². The summed E-state index contributed by atoms with van der Waals surface area (Å²) in [4.78, 5) is 19.1. The first-order chi connectivity index (χ1) is 9.67. The number of aromatic nitrogens is 3. The van der Waals surface area contributed by atoms with E-state index in [1.54, 1.807) is 0 Å². The zero-order valence-electron chi connectivity index (χ0n) is 11.4. The monoisotopic (exact) mass is 294 g/mol. The molecule has 1 aliphatic rings. The first-order valence-electron chi connectivity index (χ1n) is 6.88. The third-order valence-corrected chi connectivity index (χ3v) is 4.61. The lowest BCUT2D eigenvalue weighted by molar-refractivity contribution is 0.0838. The molecule has 1 N–H and O–H groups in total. The highest BCUT2D eigenvalue weighted by Gasteiger charge is 2.23. The average Bonchev–Trinajstić information content (AvgIpc) is 2.82. The molecule has 0 aliphatic carbocycles. The Morgan fingerprint density at radius 2 is 2.35 bits per heavy atom. The Morgan fingerprint density at radius 3 is 3.15 bits per heavy atom. The molecule has 0 bridgehead atoms. The Kier molecular flexibility index (Phi) is 3.82. The fourth-order valence-electron chi connectivity index (χ4n) is 2.67. The van der Waals surface area contributed by atoms with Crippen molar-refractivity contribution in [3.05, 3.63) is 27.1 Å². The molecule has 0 amide bonds.